The average molecular weight is 672 g/mol. The molecule has 49 heavy (non-hydrogen) atoms. The summed E-state index contributed by atoms with van der Waals surface area (Å²) in [5.74, 6) is -3.04. The Hall–Kier alpha value is -6.13. The number of nitrogens with one attached hydrogen (secondary N) is 3. The van der Waals surface area contributed by atoms with Crippen molar-refractivity contribution in [1.82, 2.24) is 5.32 Å². The van der Waals surface area contributed by atoms with Crippen molar-refractivity contribution in [1.29, 1.82) is 0 Å². The van der Waals surface area contributed by atoms with Crippen molar-refractivity contribution in [3.8, 4) is 16.9 Å². The Bertz CT molecular complexity index is 2000. The molecular formula is C39H33N3O6S. The minimum absolute atomic E-state index is 0.0415. The van der Waals surface area contributed by atoms with Gasteiger partial charge >= 0.3 is 5.97 Å². The van der Waals surface area contributed by atoms with Crippen LogP contribution in [0.15, 0.2) is 138 Å². The number of amides is 3. The van der Waals surface area contributed by atoms with Crippen LogP contribution in [0.4, 0.5) is 11.4 Å². The van der Waals surface area contributed by atoms with Crippen molar-refractivity contribution >= 4 is 52.9 Å². The molecule has 1 unspecified atom stereocenters. The van der Waals surface area contributed by atoms with E-state index in [9.17, 15) is 29.4 Å². The summed E-state index contributed by atoms with van der Waals surface area (Å²) >= 11 is 1.28. The fraction of sp³-hybridized carbons (Fsp3) is 0.0769. The zero-order valence-corrected chi connectivity index (χ0v) is 27.2. The standard InChI is InChI=1S/C39H33N3O6S/c1-2-35(38(46)41-30-20-21-34(43)32(24-30)39(47)48)49-31-15-9-14-29(23-31)40-37(45)33(42-36(44)28-12-7-4-8-13-28)22-25-16-18-27(19-17-25)26-10-5-3-6-11-26/h3-24,35,43H,2H2,1H3,(H,40,45)(H,41,46)(H,42,44)(H,47,48)/b33-22+. The van der Waals surface area contributed by atoms with Gasteiger partial charge in [0.25, 0.3) is 11.8 Å². The Morgan fingerprint density at radius 2 is 1.39 bits per heavy atom. The molecule has 0 fully saturated rings. The number of carboxylic acids is 1. The number of aromatic carboxylic acids is 1. The molecule has 3 amide bonds. The van der Waals surface area contributed by atoms with Gasteiger partial charge < -0.3 is 26.2 Å². The molecule has 0 aliphatic heterocycles. The molecule has 0 spiro atoms. The average Bonchev–Trinajstić information content (AvgIpc) is 3.12. The fourth-order valence-electron chi connectivity index (χ4n) is 4.85. The van der Waals surface area contributed by atoms with Crippen molar-refractivity contribution < 1.29 is 29.4 Å². The van der Waals surface area contributed by atoms with Gasteiger partial charge in [0.15, 0.2) is 0 Å². The number of rotatable bonds is 12. The Labute approximate surface area is 287 Å². The van der Waals surface area contributed by atoms with Gasteiger partial charge in [0.05, 0.1) is 5.25 Å². The molecule has 0 aromatic heterocycles. The third-order valence-corrected chi connectivity index (χ3v) is 8.74. The number of anilines is 2. The molecule has 1 atom stereocenters. The van der Waals surface area contributed by atoms with E-state index in [-0.39, 0.29) is 22.9 Å². The molecule has 5 aromatic carbocycles. The van der Waals surface area contributed by atoms with Gasteiger partial charge in [-0.25, -0.2) is 4.79 Å². The van der Waals surface area contributed by atoms with Crippen LogP contribution in [-0.2, 0) is 9.59 Å². The molecule has 0 radical (unpaired) electrons. The molecule has 5 rings (SSSR count). The fourth-order valence-corrected chi connectivity index (χ4v) is 5.86. The van der Waals surface area contributed by atoms with E-state index in [2.05, 4.69) is 16.0 Å². The Kier molecular flexibility index (Phi) is 11.3. The van der Waals surface area contributed by atoms with Gasteiger partial charge in [-0.05, 0) is 77.7 Å². The van der Waals surface area contributed by atoms with E-state index in [1.54, 1.807) is 54.6 Å². The van der Waals surface area contributed by atoms with E-state index in [1.807, 2.05) is 67.6 Å². The summed E-state index contributed by atoms with van der Waals surface area (Å²) in [5.41, 5.74) is 3.60. The lowest BCUT2D eigenvalue weighted by molar-refractivity contribution is -0.116. The number of carbonyl (C=O) groups is 4. The van der Waals surface area contributed by atoms with E-state index >= 15 is 0 Å². The molecule has 0 saturated carbocycles. The molecule has 5 aromatic rings. The minimum Gasteiger partial charge on any atom is -0.507 e. The van der Waals surface area contributed by atoms with E-state index in [1.165, 1.54) is 30.0 Å². The van der Waals surface area contributed by atoms with Crippen LogP contribution in [0.3, 0.4) is 0 Å². The molecule has 246 valence electrons. The number of hydrogen-bond acceptors (Lipinski definition) is 6. The van der Waals surface area contributed by atoms with E-state index in [0.717, 1.165) is 11.1 Å². The Balaban J connectivity index is 1.32. The summed E-state index contributed by atoms with van der Waals surface area (Å²) in [4.78, 5) is 51.9. The molecule has 0 aliphatic carbocycles. The smallest absolute Gasteiger partial charge is 0.339 e. The van der Waals surface area contributed by atoms with E-state index < -0.39 is 28.8 Å². The first-order valence-electron chi connectivity index (χ1n) is 15.4. The van der Waals surface area contributed by atoms with Crippen molar-refractivity contribution in [3.63, 3.8) is 0 Å². The van der Waals surface area contributed by atoms with Crippen LogP contribution in [0.25, 0.3) is 17.2 Å². The first-order chi connectivity index (χ1) is 23.7. The lowest BCUT2D eigenvalue weighted by Crippen LogP contribution is -2.30. The van der Waals surface area contributed by atoms with Crippen molar-refractivity contribution in [2.75, 3.05) is 10.6 Å². The largest absolute Gasteiger partial charge is 0.507 e. The lowest BCUT2D eigenvalue weighted by Gasteiger charge is -2.16. The van der Waals surface area contributed by atoms with Gasteiger partial charge in [0.1, 0.15) is 17.0 Å². The van der Waals surface area contributed by atoms with Crippen LogP contribution < -0.4 is 16.0 Å². The third kappa shape index (κ3) is 9.24. The number of aromatic hydroxyl groups is 1. The zero-order valence-electron chi connectivity index (χ0n) is 26.4. The summed E-state index contributed by atoms with van der Waals surface area (Å²) < 4.78 is 0. The van der Waals surface area contributed by atoms with E-state index in [4.69, 9.17) is 0 Å². The molecule has 0 bridgehead atoms. The normalized spacial score (nSPS) is 11.7. The number of hydrogen-bond donors (Lipinski definition) is 5. The highest BCUT2D eigenvalue weighted by Crippen LogP contribution is 2.30. The minimum atomic E-state index is -1.31. The quantitative estimate of drug-likeness (QED) is 0.0520. The van der Waals surface area contributed by atoms with Crippen molar-refractivity contribution in [2.24, 2.45) is 0 Å². The van der Waals surface area contributed by atoms with Crippen LogP contribution >= 0.6 is 11.8 Å². The lowest BCUT2D eigenvalue weighted by atomic mass is 10.0. The van der Waals surface area contributed by atoms with Gasteiger partial charge in [-0.2, -0.15) is 0 Å². The van der Waals surface area contributed by atoms with Crippen molar-refractivity contribution in [2.45, 2.75) is 23.5 Å². The van der Waals surface area contributed by atoms with Crippen LogP contribution in [0, 0.1) is 0 Å². The third-order valence-electron chi connectivity index (χ3n) is 7.39. The monoisotopic (exact) mass is 671 g/mol. The Morgan fingerprint density at radius 1 is 0.735 bits per heavy atom. The molecule has 5 N–H and O–H groups in total. The maximum atomic E-state index is 13.6. The van der Waals surface area contributed by atoms with Gasteiger partial charge in [-0.3, -0.25) is 14.4 Å². The molecule has 0 heterocycles. The summed E-state index contributed by atoms with van der Waals surface area (Å²) in [6.07, 6.45) is 2.07. The summed E-state index contributed by atoms with van der Waals surface area (Å²) in [7, 11) is 0. The molecule has 10 heteroatoms. The predicted molar refractivity (Wildman–Crippen MR) is 192 cm³/mol. The summed E-state index contributed by atoms with van der Waals surface area (Å²) in [6.45, 7) is 1.85. The first-order valence-corrected chi connectivity index (χ1v) is 16.3. The number of carboxylic acid groups (broad SMARTS) is 1. The zero-order chi connectivity index (χ0) is 34.8. The van der Waals surface area contributed by atoms with Crippen LogP contribution in [0.1, 0.15) is 39.6 Å². The maximum Gasteiger partial charge on any atom is 0.339 e. The van der Waals surface area contributed by atoms with Crippen LogP contribution in [-0.4, -0.2) is 39.2 Å². The van der Waals surface area contributed by atoms with Gasteiger partial charge in [-0.1, -0.05) is 85.8 Å². The van der Waals surface area contributed by atoms with Crippen LogP contribution in [0.2, 0.25) is 0 Å². The highest BCUT2D eigenvalue weighted by Gasteiger charge is 2.20. The molecule has 0 saturated heterocycles. The van der Waals surface area contributed by atoms with Crippen molar-refractivity contribution in [3.05, 3.63) is 150 Å². The molecule has 9 nitrogen and oxygen atoms in total. The number of benzene rings is 5. The Morgan fingerprint density at radius 3 is 2.06 bits per heavy atom. The van der Waals surface area contributed by atoms with Gasteiger partial charge in [0.2, 0.25) is 5.91 Å². The second-order valence-electron chi connectivity index (χ2n) is 10.9. The predicted octanol–water partition coefficient (Wildman–Crippen LogP) is 7.68. The number of phenols is 1. The van der Waals surface area contributed by atoms with Gasteiger partial charge in [-0.15, -0.1) is 11.8 Å². The maximum absolute atomic E-state index is 13.6. The first kappa shape index (κ1) is 34.2. The SMILES string of the molecule is CCC(Sc1cccc(NC(=O)/C(=C\c2ccc(-c3ccccc3)cc2)NC(=O)c2ccccc2)c1)C(=O)Nc1ccc(O)c(C(=O)O)c1. The van der Waals surface area contributed by atoms with E-state index in [0.29, 0.717) is 28.1 Å². The van der Waals surface area contributed by atoms with Gasteiger partial charge in [0, 0.05) is 21.8 Å². The second-order valence-corrected chi connectivity index (χ2v) is 12.2. The second kappa shape index (κ2) is 16.1. The number of carbonyl (C=O) groups excluding carboxylic acids is 3. The summed E-state index contributed by atoms with van der Waals surface area (Å²) in [5, 5.41) is 26.8. The highest BCUT2D eigenvalue weighted by atomic mass is 32.2. The highest BCUT2D eigenvalue weighted by molar-refractivity contribution is 8.00. The molecular weight excluding hydrogens is 639 g/mol. The topological polar surface area (TPSA) is 145 Å². The number of thioether (sulfide) groups is 1. The van der Waals surface area contributed by atoms with Crippen LogP contribution in [0.5, 0.6) is 5.75 Å². The molecule has 0 aliphatic rings. The summed E-state index contributed by atoms with van der Waals surface area (Å²) in [6, 6.07) is 37.0.